The number of fused-ring (bicyclic) bond motifs is 1. The van der Waals surface area contributed by atoms with Gasteiger partial charge in [0.2, 0.25) is 0 Å². The van der Waals surface area contributed by atoms with Crippen molar-refractivity contribution in [2.45, 2.75) is 6.42 Å². The largest absolute Gasteiger partial charge is 0.499 e. The second-order valence-electron chi connectivity index (χ2n) is 4.50. The first-order chi connectivity index (χ1) is 9.65. The molecule has 0 aliphatic rings. The fraction of sp³-hybridized carbons (Fsp3) is 0.0625. The van der Waals surface area contributed by atoms with Crippen LogP contribution in [0.15, 0.2) is 48.5 Å². The van der Waals surface area contributed by atoms with Crippen molar-refractivity contribution >= 4 is 38.8 Å². The Morgan fingerprint density at radius 3 is 2.55 bits per heavy atom. The lowest BCUT2D eigenvalue weighted by atomic mass is 10.0. The van der Waals surface area contributed by atoms with Crippen LogP contribution in [0.4, 0.5) is 0 Å². The molecule has 0 unspecified atom stereocenters. The van der Waals surface area contributed by atoms with Crippen LogP contribution in [0.1, 0.15) is 15.9 Å². The zero-order valence-corrected chi connectivity index (χ0v) is 12.0. The summed E-state index contributed by atoms with van der Waals surface area (Å²) >= 11 is 7.06. The highest BCUT2D eigenvalue weighted by atomic mass is 35.5. The number of carbonyl (C=O) groups is 1. The van der Waals surface area contributed by atoms with Crippen molar-refractivity contribution in [1.82, 2.24) is 0 Å². The van der Waals surface area contributed by atoms with E-state index in [1.54, 1.807) is 12.1 Å². The number of ketones is 1. The average Bonchev–Trinajstić information content (AvgIpc) is 2.77. The van der Waals surface area contributed by atoms with Crippen molar-refractivity contribution in [1.29, 1.82) is 0 Å². The molecule has 100 valence electrons. The van der Waals surface area contributed by atoms with Crippen molar-refractivity contribution in [2.75, 3.05) is 0 Å². The summed E-state index contributed by atoms with van der Waals surface area (Å²) in [7, 11) is 0. The first-order valence-corrected chi connectivity index (χ1v) is 7.33. The summed E-state index contributed by atoms with van der Waals surface area (Å²) in [6.07, 6.45) is 0.255. The van der Waals surface area contributed by atoms with Crippen LogP contribution in [0.25, 0.3) is 10.1 Å². The van der Waals surface area contributed by atoms with E-state index < -0.39 is 0 Å². The van der Waals surface area contributed by atoms with Crippen LogP contribution in [-0.4, -0.2) is 10.9 Å². The molecule has 0 atom stereocenters. The van der Waals surface area contributed by atoms with E-state index in [9.17, 15) is 9.90 Å². The molecule has 3 aromatic rings. The second kappa shape index (κ2) is 5.27. The quantitative estimate of drug-likeness (QED) is 0.713. The number of hydrogen-bond acceptors (Lipinski definition) is 3. The maximum Gasteiger partial charge on any atom is 0.183 e. The molecule has 2 nitrogen and oxygen atoms in total. The third-order valence-electron chi connectivity index (χ3n) is 3.13. The Labute approximate surface area is 125 Å². The molecule has 0 amide bonds. The Morgan fingerprint density at radius 2 is 1.80 bits per heavy atom. The maximum absolute atomic E-state index is 12.4. The highest BCUT2D eigenvalue weighted by Crippen LogP contribution is 2.37. The van der Waals surface area contributed by atoms with Gasteiger partial charge < -0.3 is 5.11 Å². The third-order valence-corrected chi connectivity index (χ3v) is 4.36. The van der Waals surface area contributed by atoms with E-state index in [1.165, 1.54) is 11.3 Å². The van der Waals surface area contributed by atoms with Gasteiger partial charge in [-0.05, 0) is 23.8 Å². The zero-order valence-electron chi connectivity index (χ0n) is 10.5. The van der Waals surface area contributed by atoms with Crippen LogP contribution in [0, 0.1) is 0 Å². The number of Topliss-reactive ketones (excluding diaryl/α,β-unsaturated/α-hetero) is 1. The SMILES string of the molecule is O=C(Cc1ccc(Cl)cc1)c1c(O)sc2ccccc12. The van der Waals surface area contributed by atoms with Gasteiger partial charge in [-0.25, -0.2) is 0 Å². The summed E-state index contributed by atoms with van der Waals surface area (Å²) in [5.74, 6) is -0.0812. The van der Waals surface area contributed by atoms with E-state index in [2.05, 4.69) is 0 Å². The number of rotatable bonds is 3. The molecule has 0 radical (unpaired) electrons. The van der Waals surface area contributed by atoms with Gasteiger partial charge in [0.25, 0.3) is 0 Å². The highest BCUT2D eigenvalue weighted by molar-refractivity contribution is 7.21. The topological polar surface area (TPSA) is 37.3 Å². The summed E-state index contributed by atoms with van der Waals surface area (Å²) in [4.78, 5) is 12.4. The van der Waals surface area contributed by atoms with Crippen LogP contribution in [-0.2, 0) is 6.42 Å². The minimum Gasteiger partial charge on any atom is -0.499 e. The molecule has 2 aromatic carbocycles. The second-order valence-corrected chi connectivity index (χ2v) is 5.97. The molecule has 0 fully saturated rings. The normalized spacial score (nSPS) is 10.8. The molecule has 1 aromatic heterocycles. The molecule has 0 spiro atoms. The molecule has 3 rings (SSSR count). The van der Waals surface area contributed by atoms with E-state index in [4.69, 9.17) is 11.6 Å². The molecular formula is C16H11ClO2S. The monoisotopic (exact) mass is 302 g/mol. The van der Waals surface area contributed by atoms with E-state index in [-0.39, 0.29) is 17.3 Å². The average molecular weight is 303 g/mol. The van der Waals surface area contributed by atoms with Gasteiger partial charge in [0.15, 0.2) is 10.8 Å². The number of hydrogen-bond donors (Lipinski definition) is 1. The van der Waals surface area contributed by atoms with Gasteiger partial charge in [-0.15, -0.1) is 0 Å². The van der Waals surface area contributed by atoms with E-state index in [1.807, 2.05) is 36.4 Å². The molecule has 1 heterocycles. The molecule has 0 saturated heterocycles. The van der Waals surface area contributed by atoms with Gasteiger partial charge in [-0.3, -0.25) is 4.79 Å². The van der Waals surface area contributed by atoms with Crippen LogP contribution in [0.5, 0.6) is 5.06 Å². The molecule has 0 aliphatic heterocycles. The van der Waals surface area contributed by atoms with Crippen molar-refractivity contribution in [3.8, 4) is 5.06 Å². The number of aromatic hydroxyl groups is 1. The number of benzene rings is 2. The first kappa shape index (κ1) is 13.2. The van der Waals surface area contributed by atoms with Crippen molar-refractivity contribution < 1.29 is 9.90 Å². The fourth-order valence-electron chi connectivity index (χ4n) is 2.18. The van der Waals surface area contributed by atoms with Gasteiger partial charge in [0.1, 0.15) is 0 Å². The van der Waals surface area contributed by atoms with Crippen molar-refractivity contribution in [2.24, 2.45) is 0 Å². The summed E-state index contributed by atoms with van der Waals surface area (Å²) in [5, 5.41) is 11.5. The maximum atomic E-state index is 12.4. The Kier molecular flexibility index (Phi) is 3.47. The van der Waals surface area contributed by atoms with E-state index in [0.29, 0.717) is 10.6 Å². The van der Waals surface area contributed by atoms with Crippen LogP contribution in [0.2, 0.25) is 5.02 Å². The molecule has 0 aliphatic carbocycles. The molecule has 1 N–H and O–H groups in total. The third kappa shape index (κ3) is 2.42. The summed E-state index contributed by atoms with van der Waals surface area (Å²) in [5.41, 5.74) is 1.30. The van der Waals surface area contributed by atoms with Gasteiger partial charge in [0, 0.05) is 21.5 Å². The fourth-order valence-corrected chi connectivity index (χ4v) is 3.26. The Hall–Kier alpha value is -1.84. The van der Waals surface area contributed by atoms with Crippen LogP contribution < -0.4 is 0 Å². The molecular weight excluding hydrogens is 292 g/mol. The van der Waals surface area contributed by atoms with E-state index in [0.717, 1.165) is 15.6 Å². The van der Waals surface area contributed by atoms with E-state index >= 15 is 0 Å². The lowest BCUT2D eigenvalue weighted by Gasteiger charge is -2.02. The minimum absolute atomic E-state index is 0.0812. The van der Waals surface area contributed by atoms with Gasteiger partial charge in [-0.2, -0.15) is 0 Å². The smallest absolute Gasteiger partial charge is 0.183 e. The molecule has 0 saturated carbocycles. The molecule has 0 bridgehead atoms. The summed E-state index contributed by atoms with van der Waals surface area (Å²) in [6.45, 7) is 0. The van der Waals surface area contributed by atoms with Crippen LogP contribution in [0.3, 0.4) is 0 Å². The minimum atomic E-state index is -0.0812. The first-order valence-electron chi connectivity index (χ1n) is 6.13. The van der Waals surface area contributed by atoms with Crippen LogP contribution >= 0.6 is 22.9 Å². The van der Waals surface area contributed by atoms with Crippen molar-refractivity contribution in [3.05, 3.63) is 64.7 Å². The predicted octanol–water partition coefficient (Wildman–Crippen LogP) is 4.69. The zero-order chi connectivity index (χ0) is 14.1. The number of thiophene rings is 1. The Balaban J connectivity index is 1.96. The van der Waals surface area contributed by atoms with Gasteiger partial charge in [0.05, 0.1) is 5.56 Å². The van der Waals surface area contributed by atoms with Gasteiger partial charge in [-0.1, -0.05) is 53.3 Å². The Bertz CT molecular complexity index is 775. The Morgan fingerprint density at radius 1 is 1.10 bits per heavy atom. The standard InChI is InChI=1S/C16H11ClO2S/c17-11-7-5-10(6-8-11)9-13(18)15-12-3-1-2-4-14(12)20-16(15)19/h1-8,19H,9H2. The highest BCUT2D eigenvalue weighted by Gasteiger charge is 2.18. The predicted molar refractivity (Wildman–Crippen MR) is 83.0 cm³/mol. The molecule has 20 heavy (non-hydrogen) atoms. The summed E-state index contributed by atoms with van der Waals surface area (Å²) in [6, 6.07) is 14.7. The summed E-state index contributed by atoms with van der Waals surface area (Å²) < 4.78 is 0.921. The van der Waals surface area contributed by atoms with Crippen molar-refractivity contribution in [3.63, 3.8) is 0 Å². The number of halogens is 1. The lowest BCUT2D eigenvalue weighted by molar-refractivity contribution is 0.0993. The number of carbonyl (C=O) groups excluding carboxylic acids is 1. The van der Waals surface area contributed by atoms with Gasteiger partial charge >= 0.3 is 0 Å². The molecule has 4 heteroatoms. The lowest BCUT2D eigenvalue weighted by Crippen LogP contribution is -2.02.